The molecule has 24 heavy (non-hydrogen) atoms. The van der Waals surface area contributed by atoms with E-state index in [1.54, 1.807) is 16.7 Å². The van der Waals surface area contributed by atoms with Crippen LogP contribution in [-0.4, -0.2) is 78.6 Å². The lowest BCUT2D eigenvalue weighted by atomic mass is 10.0. The second kappa shape index (κ2) is 7.87. The van der Waals surface area contributed by atoms with E-state index in [0.29, 0.717) is 31.8 Å². The zero-order chi connectivity index (χ0) is 17.0. The van der Waals surface area contributed by atoms with Crippen LogP contribution in [0.5, 0.6) is 0 Å². The Bertz CT molecular complexity index is 577. The largest absolute Gasteiger partial charge is 0.384 e. The molecule has 6 heteroatoms. The molecule has 5 nitrogen and oxygen atoms in total. The van der Waals surface area contributed by atoms with Crippen LogP contribution in [0.3, 0.4) is 0 Å². The van der Waals surface area contributed by atoms with Crippen LogP contribution in [0.25, 0.3) is 0 Å². The van der Waals surface area contributed by atoms with E-state index in [9.17, 15) is 9.90 Å². The van der Waals surface area contributed by atoms with Crippen LogP contribution in [0.1, 0.15) is 23.2 Å². The Hall–Kier alpha value is -1.08. The molecule has 1 N–H and O–H groups in total. The molecule has 0 radical (unpaired) electrons. The van der Waals surface area contributed by atoms with E-state index in [-0.39, 0.29) is 12.5 Å². The number of rotatable bonds is 4. The van der Waals surface area contributed by atoms with Crippen molar-refractivity contribution in [1.82, 2.24) is 9.80 Å². The number of nitrogens with zero attached hydrogens (tertiary/aromatic N) is 2. The van der Waals surface area contributed by atoms with Crippen LogP contribution in [-0.2, 0) is 4.74 Å². The Morgan fingerprint density at radius 3 is 2.79 bits per heavy atom. The summed E-state index contributed by atoms with van der Waals surface area (Å²) in [6, 6.07) is 7.65. The lowest BCUT2D eigenvalue weighted by Gasteiger charge is -2.34. The third kappa shape index (κ3) is 4.11. The number of benzene rings is 1. The molecule has 132 valence electrons. The second-order valence-corrected chi connectivity index (χ2v) is 7.54. The third-order valence-corrected chi connectivity index (χ3v) is 5.50. The maximum atomic E-state index is 13.0. The van der Waals surface area contributed by atoms with Gasteiger partial charge in [0, 0.05) is 18.0 Å². The molecular formula is C18H26N2O3S. The highest BCUT2D eigenvalue weighted by molar-refractivity contribution is 7.98. The summed E-state index contributed by atoms with van der Waals surface area (Å²) in [6.45, 7) is 4.21. The highest BCUT2D eigenvalue weighted by Crippen LogP contribution is 2.24. The van der Waals surface area contributed by atoms with Gasteiger partial charge >= 0.3 is 0 Å². The second-order valence-electron chi connectivity index (χ2n) is 6.69. The van der Waals surface area contributed by atoms with E-state index >= 15 is 0 Å². The maximum Gasteiger partial charge on any atom is 0.255 e. The Balaban J connectivity index is 1.75. The lowest BCUT2D eigenvalue weighted by Crippen LogP contribution is -2.53. The van der Waals surface area contributed by atoms with Crippen molar-refractivity contribution in [1.29, 1.82) is 0 Å². The molecule has 2 aliphatic heterocycles. The van der Waals surface area contributed by atoms with Gasteiger partial charge in [0.25, 0.3) is 5.91 Å². The number of carbonyl (C=O) groups excluding carboxylic acids is 1. The highest BCUT2D eigenvalue weighted by Gasteiger charge is 2.37. The van der Waals surface area contributed by atoms with Crippen LogP contribution in [0, 0.1) is 0 Å². The molecule has 2 fully saturated rings. The summed E-state index contributed by atoms with van der Waals surface area (Å²) in [7, 11) is 0. The molecule has 1 aromatic rings. The van der Waals surface area contributed by atoms with E-state index in [1.165, 1.54) is 12.8 Å². The number of likely N-dealkylation sites (tertiary alicyclic amines) is 1. The van der Waals surface area contributed by atoms with Crippen molar-refractivity contribution in [2.75, 3.05) is 52.2 Å². The smallest absolute Gasteiger partial charge is 0.255 e. The molecule has 0 aromatic heterocycles. The van der Waals surface area contributed by atoms with E-state index in [1.807, 2.05) is 30.5 Å². The monoisotopic (exact) mass is 350 g/mol. The molecule has 3 rings (SSSR count). The lowest BCUT2D eigenvalue weighted by molar-refractivity contribution is -0.0524. The first-order chi connectivity index (χ1) is 11.6. The van der Waals surface area contributed by atoms with Gasteiger partial charge in [0.2, 0.25) is 0 Å². The van der Waals surface area contributed by atoms with Gasteiger partial charge in [0.15, 0.2) is 0 Å². The molecule has 2 aliphatic rings. The number of hydrogen-bond acceptors (Lipinski definition) is 5. The summed E-state index contributed by atoms with van der Waals surface area (Å²) in [5, 5.41) is 11.0. The minimum atomic E-state index is -0.995. The average molecular weight is 350 g/mol. The van der Waals surface area contributed by atoms with Gasteiger partial charge in [-0.3, -0.25) is 4.79 Å². The van der Waals surface area contributed by atoms with Crippen molar-refractivity contribution in [3.05, 3.63) is 29.8 Å². The average Bonchev–Trinajstić information content (AvgIpc) is 3.01. The molecule has 0 aliphatic carbocycles. The maximum absolute atomic E-state index is 13.0. The van der Waals surface area contributed by atoms with Crippen LogP contribution >= 0.6 is 11.8 Å². The van der Waals surface area contributed by atoms with E-state index in [0.717, 1.165) is 18.0 Å². The fraction of sp³-hybridized carbons (Fsp3) is 0.611. The standard InChI is InChI=1S/C18H26N2O3S/c1-24-16-7-3-2-6-15(16)17(21)20-10-11-23-14-18(22,13-20)12-19-8-4-5-9-19/h2-3,6-7,22H,4-5,8-14H2,1H3. The Morgan fingerprint density at radius 1 is 1.29 bits per heavy atom. The summed E-state index contributed by atoms with van der Waals surface area (Å²) in [5.41, 5.74) is -0.291. The minimum Gasteiger partial charge on any atom is -0.384 e. The molecular weight excluding hydrogens is 324 g/mol. The summed E-state index contributed by atoms with van der Waals surface area (Å²) < 4.78 is 5.62. The number of thioether (sulfide) groups is 1. The molecule has 0 spiro atoms. The number of carbonyl (C=O) groups is 1. The Kier molecular flexibility index (Phi) is 5.81. The number of ether oxygens (including phenoxy) is 1. The quantitative estimate of drug-likeness (QED) is 0.838. The molecule has 1 unspecified atom stereocenters. The zero-order valence-corrected chi connectivity index (χ0v) is 15.1. The minimum absolute atomic E-state index is 0.0229. The summed E-state index contributed by atoms with van der Waals surface area (Å²) >= 11 is 1.57. The molecule has 0 bridgehead atoms. The number of hydrogen-bond donors (Lipinski definition) is 1. The van der Waals surface area contributed by atoms with E-state index in [4.69, 9.17) is 4.74 Å². The highest BCUT2D eigenvalue weighted by atomic mass is 32.2. The number of β-amino-alcohol motifs (C(OH)–C–C–N with tert-alkyl or cyclic N) is 1. The Labute approximate surface area is 148 Å². The van der Waals surface area contributed by atoms with Crippen LogP contribution < -0.4 is 0 Å². The normalized spacial score (nSPS) is 25.7. The summed E-state index contributed by atoms with van der Waals surface area (Å²) in [5.74, 6) is -0.0229. The molecule has 2 saturated heterocycles. The molecule has 1 amide bonds. The topological polar surface area (TPSA) is 53.0 Å². The number of aliphatic hydroxyl groups is 1. The predicted molar refractivity (Wildman–Crippen MR) is 95.6 cm³/mol. The van der Waals surface area contributed by atoms with Crippen molar-refractivity contribution in [2.45, 2.75) is 23.3 Å². The predicted octanol–water partition coefficient (Wildman–Crippen LogP) is 1.71. The van der Waals surface area contributed by atoms with Crippen molar-refractivity contribution in [3.63, 3.8) is 0 Å². The van der Waals surface area contributed by atoms with Gasteiger partial charge in [-0.25, -0.2) is 0 Å². The molecule has 1 atom stereocenters. The molecule has 0 saturated carbocycles. The van der Waals surface area contributed by atoms with Gasteiger partial charge in [-0.15, -0.1) is 11.8 Å². The summed E-state index contributed by atoms with van der Waals surface area (Å²) in [4.78, 5) is 18.0. The molecule has 2 heterocycles. The van der Waals surface area contributed by atoms with Crippen LogP contribution in [0.15, 0.2) is 29.2 Å². The first-order valence-corrected chi connectivity index (χ1v) is 9.78. The van der Waals surface area contributed by atoms with Gasteiger partial charge in [-0.2, -0.15) is 0 Å². The van der Waals surface area contributed by atoms with Crippen molar-refractivity contribution < 1.29 is 14.6 Å². The molecule has 1 aromatic carbocycles. The Morgan fingerprint density at radius 2 is 2.04 bits per heavy atom. The van der Waals surface area contributed by atoms with Crippen molar-refractivity contribution in [3.8, 4) is 0 Å². The van der Waals surface area contributed by atoms with Gasteiger partial charge in [-0.05, 0) is 44.3 Å². The van der Waals surface area contributed by atoms with E-state index < -0.39 is 5.60 Å². The van der Waals surface area contributed by atoms with Gasteiger partial charge in [-0.1, -0.05) is 12.1 Å². The van der Waals surface area contributed by atoms with Gasteiger partial charge in [0.1, 0.15) is 5.60 Å². The van der Waals surface area contributed by atoms with E-state index in [2.05, 4.69) is 4.90 Å². The van der Waals surface area contributed by atoms with Crippen LogP contribution in [0.4, 0.5) is 0 Å². The fourth-order valence-corrected chi connectivity index (χ4v) is 4.12. The van der Waals surface area contributed by atoms with Gasteiger partial charge < -0.3 is 19.6 Å². The SMILES string of the molecule is CSc1ccccc1C(=O)N1CCOCC(O)(CN2CCCC2)C1. The summed E-state index contributed by atoms with van der Waals surface area (Å²) in [6.07, 6.45) is 4.34. The first-order valence-electron chi connectivity index (χ1n) is 8.56. The zero-order valence-electron chi connectivity index (χ0n) is 14.2. The van der Waals surface area contributed by atoms with Crippen LogP contribution in [0.2, 0.25) is 0 Å². The fourth-order valence-electron chi connectivity index (χ4n) is 3.53. The first kappa shape index (κ1) is 17.7. The number of amides is 1. The van der Waals surface area contributed by atoms with Crippen molar-refractivity contribution in [2.24, 2.45) is 0 Å². The van der Waals surface area contributed by atoms with Crippen molar-refractivity contribution >= 4 is 17.7 Å². The third-order valence-electron chi connectivity index (χ3n) is 4.70. The van der Waals surface area contributed by atoms with Gasteiger partial charge in [0.05, 0.1) is 25.3 Å².